The van der Waals surface area contributed by atoms with E-state index in [4.69, 9.17) is 11.6 Å². The summed E-state index contributed by atoms with van der Waals surface area (Å²) in [7, 11) is 1.82. The van der Waals surface area contributed by atoms with Crippen LogP contribution in [-0.4, -0.2) is 31.4 Å². The molecule has 0 radical (unpaired) electrons. The molecule has 1 N–H and O–H groups in total. The summed E-state index contributed by atoms with van der Waals surface area (Å²) in [6.45, 7) is 1.90. The zero-order chi connectivity index (χ0) is 16.4. The first-order chi connectivity index (χ1) is 11.0. The number of carbonyl (C=O) groups excluding carboxylic acids is 1. The fourth-order valence-corrected chi connectivity index (χ4v) is 3.13. The Morgan fingerprint density at radius 1 is 1.39 bits per heavy atom. The number of fused-ring (bicyclic) bond motifs is 1. The molecule has 118 valence electrons. The number of halogens is 1. The second-order valence-corrected chi connectivity index (χ2v) is 6.38. The maximum atomic E-state index is 12.1. The van der Waals surface area contributed by atoms with Gasteiger partial charge in [-0.1, -0.05) is 23.4 Å². The third-order valence-corrected chi connectivity index (χ3v) is 4.54. The van der Waals surface area contributed by atoms with E-state index >= 15 is 0 Å². The second kappa shape index (κ2) is 6.55. The number of hydrogen-bond acceptors (Lipinski definition) is 5. The van der Waals surface area contributed by atoms with Gasteiger partial charge in [0.15, 0.2) is 5.65 Å². The van der Waals surface area contributed by atoms with Crippen LogP contribution in [0.4, 0.5) is 5.69 Å². The van der Waals surface area contributed by atoms with Crippen molar-refractivity contribution in [1.82, 2.24) is 19.7 Å². The van der Waals surface area contributed by atoms with Crippen molar-refractivity contribution in [1.29, 1.82) is 0 Å². The molecule has 0 saturated heterocycles. The van der Waals surface area contributed by atoms with Crippen LogP contribution in [-0.2, 0) is 11.8 Å². The number of nitrogens with zero attached hydrogens (tertiary/aromatic N) is 4. The van der Waals surface area contributed by atoms with E-state index in [1.165, 1.54) is 18.1 Å². The number of anilines is 1. The zero-order valence-electron chi connectivity index (χ0n) is 12.6. The van der Waals surface area contributed by atoms with Crippen LogP contribution >= 0.6 is 23.4 Å². The Labute approximate surface area is 142 Å². The lowest BCUT2D eigenvalue weighted by Gasteiger charge is -2.08. The van der Waals surface area contributed by atoms with Crippen molar-refractivity contribution in [2.45, 2.75) is 11.9 Å². The van der Waals surface area contributed by atoms with E-state index in [1.54, 1.807) is 23.0 Å². The number of nitrogens with one attached hydrogen (secondary N) is 1. The lowest BCUT2D eigenvalue weighted by Crippen LogP contribution is -2.15. The van der Waals surface area contributed by atoms with Crippen molar-refractivity contribution in [3.63, 3.8) is 0 Å². The maximum absolute atomic E-state index is 12.1. The van der Waals surface area contributed by atoms with E-state index in [0.29, 0.717) is 5.02 Å². The molecule has 0 atom stereocenters. The molecule has 8 heteroatoms. The first kappa shape index (κ1) is 15.8. The molecule has 1 amide bonds. The molecule has 0 spiro atoms. The minimum Gasteiger partial charge on any atom is -0.325 e. The molecule has 3 aromatic rings. The van der Waals surface area contributed by atoms with E-state index in [0.717, 1.165) is 27.3 Å². The van der Waals surface area contributed by atoms with Crippen molar-refractivity contribution >= 4 is 46.0 Å². The predicted octanol–water partition coefficient (Wildman–Crippen LogP) is 3.06. The lowest BCUT2D eigenvalue weighted by atomic mass is 10.2. The lowest BCUT2D eigenvalue weighted by molar-refractivity contribution is -0.113. The smallest absolute Gasteiger partial charge is 0.234 e. The van der Waals surface area contributed by atoms with Gasteiger partial charge in [-0.3, -0.25) is 9.48 Å². The Kier molecular flexibility index (Phi) is 4.49. The molecule has 0 unspecified atom stereocenters. The van der Waals surface area contributed by atoms with Gasteiger partial charge in [0, 0.05) is 17.8 Å². The minimum atomic E-state index is -0.101. The van der Waals surface area contributed by atoms with E-state index < -0.39 is 0 Å². The fourth-order valence-electron chi connectivity index (χ4n) is 2.14. The standard InChI is InChI=1S/C15H14ClN5OS/c1-9-5-10(16)3-4-12(9)20-13(22)7-23-15-11-6-19-21(2)14(11)17-8-18-15/h3-6,8H,7H2,1-2H3,(H,20,22). The van der Waals surface area contributed by atoms with Crippen LogP contribution < -0.4 is 5.32 Å². The van der Waals surface area contributed by atoms with Crippen LogP contribution in [0.1, 0.15) is 5.56 Å². The highest BCUT2D eigenvalue weighted by Crippen LogP contribution is 2.24. The van der Waals surface area contributed by atoms with Gasteiger partial charge < -0.3 is 5.32 Å². The van der Waals surface area contributed by atoms with Gasteiger partial charge in [-0.05, 0) is 30.7 Å². The number of benzene rings is 1. The van der Waals surface area contributed by atoms with Crippen LogP contribution in [0.15, 0.2) is 35.7 Å². The summed E-state index contributed by atoms with van der Waals surface area (Å²) < 4.78 is 1.68. The molecule has 23 heavy (non-hydrogen) atoms. The van der Waals surface area contributed by atoms with Crippen molar-refractivity contribution in [3.8, 4) is 0 Å². The average Bonchev–Trinajstić information content (AvgIpc) is 2.90. The van der Waals surface area contributed by atoms with Crippen molar-refractivity contribution in [3.05, 3.63) is 41.3 Å². The minimum absolute atomic E-state index is 0.101. The first-order valence-electron chi connectivity index (χ1n) is 6.86. The highest BCUT2D eigenvalue weighted by atomic mass is 35.5. The highest BCUT2D eigenvalue weighted by Gasteiger charge is 2.11. The number of thioether (sulfide) groups is 1. The van der Waals surface area contributed by atoms with Crippen LogP contribution in [0.25, 0.3) is 11.0 Å². The molecule has 6 nitrogen and oxygen atoms in total. The van der Waals surface area contributed by atoms with Gasteiger partial charge in [-0.15, -0.1) is 0 Å². The van der Waals surface area contributed by atoms with Crippen molar-refractivity contribution in [2.75, 3.05) is 11.1 Å². The van der Waals surface area contributed by atoms with Crippen LogP contribution in [0.5, 0.6) is 0 Å². The van der Waals surface area contributed by atoms with Crippen LogP contribution in [0, 0.1) is 6.92 Å². The normalized spacial score (nSPS) is 10.9. The molecular formula is C15H14ClN5OS. The van der Waals surface area contributed by atoms with Gasteiger partial charge in [0.05, 0.1) is 17.3 Å². The molecule has 0 bridgehead atoms. The predicted molar refractivity (Wildman–Crippen MR) is 91.8 cm³/mol. The molecule has 1 aromatic carbocycles. The van der Waals surface area contributed by atoms with E-state index in [-0.39, 0.29) is 11.7 Å². The summed E-state index contributed by atoms with van der Waals surface area (Å²) in [4.78, 5) is 20.5. The summed E-state index contributed by atoms with van der Waals surface area (Å²) in [6.07, 6.45) is 3.19. The van der Waals surface area contributed by atoms with Gasteiger partial charge in [-0.2, -0.15) is 5.10 Å². The maximum Gasteiger partial charge on any atom is 0.234 e. The Morgan fingerprint density at radius 2 is 2.22 bits per heavy atom. The number of carbonyl (C=O) groups is 1. The topological polar surface area (TPSA) is 72.7 Å². The van der Waals surface area contributed by atoms with Crippen LogP contribution in [0.3, 0.4) is 0 Å². The Bertz CT molecular complexity index is 879. The van der Waals surface area contributed by atoms with E-state index in [2.05, 4.69) is 20.4 Å². The SMILES string of the molecule is Cc1cc(Cl)ccc1NC(=O)CSc1ncnc2c1cnn2C. The number of aromatic nitrogens is 4. The molecule has 3 rings (SSSR count). The van der Waals surface area contributed by atoms with E-state index in [1.807, 2.05) is 20.0 Å². The van der Waals surface area contributed by atoms with Gasteiger partial charge in [-0.25, -0.2) is 9.97 Å². The molecule has 0 saturated carbocycles. The van der Waals surface area contributed by atoms with Crippen molar-refractivity contribution in [2.24, 2.45) is 7.05 Å². The Balaban J connectivity index is 1.68. The average molecular weight is 348 g/mol. The van der Waals surface area contributed by atoms with Gasteiger partial charge in [0.2, 0.25) is 5.91 Å². The summed E-state index contributed by atoms with van der Waals surface area (Å²) >= 11 is 7.27. The van der Waals surface area contributed by atoms with Crippen LogP contribution in [0.2, 0.25) is 5.02 Å². The third-order valence-electron chi connectivity index (χ3n) is 3.30. The summed E-state index contributed by atoms with van der Waals surface area (Å²) in [5, 5.41) is 9.27. The molecule has 0 fully saturated rings. The summed E-state index contributed by atoms with van der Waals surface area (Å²) in [6, 6.07) is 5.36. The molecule has 2 aromatic heterocycles. The first-order valence-corrected chi connectivity index (χ1v) is 8.22. The number of hydrogen-bond donors (Lipinski definition) is 1. The summed E-state index contributed by atoms with van der Waals surface area (Å²) in [5.74, 6) is 0.152. The third kappa shape index (κ3) is 3.46. The van der Waals surface area contributed by atoms with Gasteiger partial charge in [0.1, 0.15) is 11.4 Å². The molecular weight excluding hydrogens is 334 g/mol. The highest BCUT2D eigenvalue weighted by molar-refractivity contribution is 8.00. The number of rotatable bonds is 4. The van der Waals surface area contributed by atoms with Gasteiger partial charge >= 0.3 is 0 Å². The van der Waals surface area contributed by atoms with Gasteiger partial charge in [0.25, 0.3) is 0 Å². The second-order valence-electron chi connectivity index (χ2n) is 4.98. The number of amides is 1. The largest absolute Gasteiger partial charge is 0.325 e. The van der Waals surface area contributed by atoms with E-state index in [9.17, 15) is 4.79 Å². The molecule has 0 aliphatic carbocycles. The monoisotopic (exact) mass is 347 g/mol. The fraction of sp³-hybridized carbons (Fsp3) is 0.200. The number of aryl methyl sites for hydroxylation is 2. The zero-order valence-corrected chi connectivity index (χ0v) is 14.1. The molecule has 0 aliphatic rings. The quantitative estimate of drug-likeness (QED) is 0.580. The molecule has 2 heterocycles. The Hall–Kier alpha value is -2.12. The Morgan fingerprint density at radius 3 is 3.00 bits per heavy atom. The molecule has 0 aliphatic heterocycles. The summed E-state index contributed by atoms with van der Waals surface area (Å²) in [5.41, 5.74) is 2.43. The van der Waals surface area contributed by atoms with Crippen molar-refractivity contribution < 1.29 is 4.79 Å².